The SMILES string of the molecule is O=C(O)CCS(=O)(=O)Cc1ccc([N+](=O)[O-])cc1[N+](=O)[O-]. The molecule has 0 aliphatic heterocycles. The monoisotopic (exact) mass is 318 g/mol. The number of carboxylic acids is 1. The molecule has 0 amide bonds. The van der Waals surface area contributed by atoms with E-state index in [4.69, 9.17) is 5.11 Å². The summed E-state index contributed by atoms with van der Waals surface area (Å²) in [6.45, 7) is 0. The largest absolute Gasteiger partial charge is 0.481 e. The molecular weight excluding hydrogens is 308 g/mol. The summed E-state index contributed by atoms with van der Waals surface area (Å²) in [5.41, 5.74) is -1.45. The summed E-state index contributed by atoms with van der Waals surface area (Å²) in [6, 6.07) is 2.60. The second kappa shape index (κ2) is 6.26. The first kappa shape index (κ1) is 16.5. The second-order valence-electron chi connectivity index (χ2n) is 4.06. The summed E-state index contributed by atoms with van der Waals surface area (Å²) in [5, 5.41) is 29.8. The maximum atomic E-state index is 11.7. The lowest BCUT2D eigenvalue weighted by molar-refractivity contribution is -0.394. The molecule has 0 fully saturated rings. The minimum Gasteiger partial charge on any atom is -0.481 e. The smallest absolute Gasteiger partial charge is 0.304 e. The number of carboxylic acid groups (broad SMARTS) is 1. The van der Waals surface area contributed by atoms with Crippen molar-refractivity contribution in [3.05, 3.63) is 44.0 Å². The Balaban J connectivity index is 3.10. The Morgan fingerprint density at radius 2 is 1.81 bits per heavy atom. The van der Waals surface area contributed by atoms with E-state index in [1.54, 1.807) is 0 Å². The van der Waals surface area contributed by atoms with E-state index < -0.39 is 55.0 Å². The lowest BCUT2D eigenvalue weighted by Gasteiger charge is -2.04. The van der Waals surface area contributed by atoms with Crippen LogP contribution in [0, 0.1) is 20.2 Å². The zero-order valence-electron chi connectivity index (χ0n) is 10.5. The van der Waals surface area contributed by atoms with Gasteiger partial charge in [0.2, 0.25) is 0 Å². The summed E-state index contributed by atoms with van der Waals surface area (Å²) in [6.07, 6.45) is -0.622. The van der Waals surface area contributed by atoms with Gasteiger partial charge in [0.1, 0.15) is 0 Å². The Labute approximate surface area is 118 Å². The van der Waals surface area contributed by atoms with E-state index in [1.807, 2.05) is 0 Å². The molecule has 21 heavy (non-hydrogen) atoms. The molecule has 0 aliphatic rings. The molecule has 0 aliphatic carbocycles. The number of hydrogen-bond donors (Lipinski definition) is 1. The predicted octanol–water partition coefficient (Wildman–Crippen LogP) is 0.892. The van der Waals surface area contributed by atoms with Crippen molar-refractivity contribution < 1.29 is 28.2 Å². The summed E-state index contributed by atoms with van der Waals surface area (Å²) in [7, 11) is -3.87. The van der Waals surface area contributed by atoms with Gasteiger partial charge >= 0.3 is 5.97 Å². The van der Waals surface area contributed by atoms with Crippen molar-refractivity contribution in [2.24, 2.45) is 0 Å². The van der Waals surface area contributed by atoms with E-state index in [-0.39, 0.29) is 5.56 Å². The fraction of sp³-hybridized carbons (Fsp3) is 0.300. The molecule has 114 valence electrons. The van der Waals surface area contributed by atoms with Crippen LogP contribution in [0.15, 0.2) is 18.2 Å². The summed E-state index contributed by atoms with van der Waals surface area (Å²) < 4.78 is 23.4. The highest BCUT2D eigenvalue weighted by Crippen LogP contribution is 2.26. The predicted molar refractivity (Wildman–Crippen MR) is 69.5 cm³/mol. The number of nitrogens with zero attached hydrogens (tertiary/aromatic N) is 2. The number of benzene rings is 1. The van der Waals surface area contributed by atoms with Gasteiger partial charge in [-0.05, 0) is 6.07 Å². The van der Waals surface area contributed by atoms with Crippen LogP contribution in [0.3, 0.4) is 0 Å². The van der Waals surface area contributed by atoms with Gasteiger partial charge in [0.15, 0.2) is 9.84 Å². The van der Waals surface area contributed by atoms with Crippen molar-refractivity contribution in [2.45, 2.75) is 12.2 Å². The second-order valence-corrected chi connectivity index (χ2v) is 6.25. The van der Waals surface area contributed by atoms with Crippen molar-refractivity contribution >= 4 is 27.2 Å². The van der Waals surface area contributed by atoms with E-state index in [9.17, 15) is 33.4 Å². The molecule has 0 heterocycles. The van der Waals surface area contributed by atoms with Gasteiger partial charge < -0.3 is 5.11 Å². The van der Waals surface area contributed by atoms with Crippen LogP contribution in [-0.4, -0.2) is 35.1 Å². The molecule has 0 saturated carbocycles. The Kier molecular flexibility index (Phi) is 4.92. The molecule has 0 bridgehead atoms. The molecule has 10 nitrogen and oxygen atoms in total. The molecule has 1 aromatic carbocycles. The molecule has 11 heteroatoms. The van der Waals surface area contributed by atoms with Crippen LogP contribution < -0.4 is 0 Å². The van der Waals surface area contributed by atoms with Crippen molar-refractivity contribution in [3.63, 3.8) is 0 Å². The number of aliphatic carboxylic acids is 1. The van der Waals surface area contributed by atoms with Gasteiger partial charge in [-0.25, -0.2) is 8.42 Å². The normalized spacial score (nSPS) is 11.0. The molecule has 1 N–H and O–H groups in total. The number of nitro benzene ring substituents is 2. The number of sulfone groups is 1. The molecule has 0 radical (unpaired) electrons. The molecule has 1 aromatic rings. The topological polar surface area (TPSA) is 158 Å². The highest BCUT2D eigenvalue weighted by atomic mass is 32.2. The first-order valence-corrected chi connectivity index (χ1v) is 7.28. The van der Waals surface area contributed by atoms with E-state index >= 15 is 0 Å². The maximum absolute atomic E-state index is 11.7. The van der Waals surface area contributed by atoms with Crippen molar-refractivity contribution in [3.8, 4) is 0 Å². The summed E-state index contributed by atoms with van der Waals surface area (Å²) in [4.78, 5) is 30.0. The Morgan fingerprint density at radius 3 is 2.29 bits per heavy atom. The molecule has 0 aromatic heterocycles. The molecule has 0 atom stereocenters. The van der Waals surface area contributed by atoms with Crippen LogP contribution in [0.5, 0.6) is 0 Å². The van der Waals surface area contributed by atoms with Gasteiger partial charge in [-0.2, -0.15) is 0 Å². The van der Waals surface area contributed by atoms with E-state index in [1.165, 1.54) is 0 Å². The summed E-state index contributed by atoms with van der Waals surface area (Å²) >= 11 is 0. The standard InChI is InChI=1S/C10H10N2O8S/c13-10(14)3-4-21(19,20)6-7-1-2-8(11(15)16)5-9(7)12(17)18/h1-2,5H,3-4,6H2,(H,13,14). The third-order valence-corrected chi connectivity index (χ3v) is 4.06. The van der Waals surface area contributed by atoms with Crippen molar-refractivity contribution in [2.75, 3.05) is 5.75 Å². The third-order valence-electron chi connectivity index (χ3n) is 2.48. The zero-order chi connectivity index (χ0) is 16.2. The Hall–Kier alpha value is -2.56. The van der Waals surface area contributed by atoms with Gasteiger partial charge in [-0.15, -0.1) is 0 Å². The lowest BCUT2D eigenvalue weighted by atomic mass is 10.2. The van der Waals surface area contributed by atoms with Crippen LogP contribution in [0.4, 0.5) is 11.4 Å². The zero-order valence-corrected chi connectivity index (χ0v) is 11.3. The number of rotatable bonds is 7. The van der Waals surface area contributed by atoms with E-state index in [2.05, 4.69) is 0 Å². The molecule has 1 rings (SSSR count). The van der Waals surface area contributed by atoms with Gasteiger partial charge in [-0.1, -0.05) is 0 Å². The summed E-state index contributed by atoms with van der Waals surface area (Å²) in [5.74, 6) is -2.73. The van der Waals surface area contributed by atoms with Crippen molar-refractivity contribution in [1.82, 2.24) is 0 Å². The minimum absolute atomic E-state index is 0.226. The molecular formula is C10H10N2O8S. The minimum atomic E-state index is -3.87. The third kappa shape index (κ3) is 4.80. The first-order chi connectivity index (χ1) is 9.62. The Morgan fingerprint density at radius 1 is 1.19 bits per heavy atom. The van der Waals surface area contributed by atoms with Gasteiger partial charge in [0.25, 0.3) is 11.4 Å². The maximum Gasteiger partial charge on any atom is 0.304 e. The average Bonchev–Trinajstić information content (AvgIpc) is 2.36. The first-order valence-electron chi connectivity index (χ1n) is 5.46. The van der Waals surface area contributed by atoms with Gasteiger partial charge in [0, 0.05) is 11.6 Å². The fourth-order valence-corrected chi connectivity index (χ4v) is 2.86. The van der Waals surface area contributed by atoms with Crippen molar-refractivity contribution in [1.29, 1.82) is 0 Å². The fourth-order valence-electron chi connectivity index (χ4n) is 1.51. The van der Waals surface area contributed by atoms with E-state index in [0.717, 1.165) is 12.1 Å². The van der Waals surface area contributed by atoms with Crippen LogP contribution >= 0.6 is 0 Å². The van der Waals surface area contributed by atoms with Gasteiger partial charge in [0.05, 0.1) is 33.8 Å². The highest BCUT2D eigenvalue weighted by Gasteiger charge is 2.24. The molecule has 0 saturated heterocycles. The Bertz CT molecular complexity index is 697. The van der Waals surface area contributed by atoms with E-state index in [0.29, 0.717) is 6.07 Å². The number of non-ortho nitro benzene ring substituents is 1. The van der Waals surface area contributed by atoms with Crippen LogP contribution in [0.2, 0.25) is 0 Å². The quantitative estimate of drug-likeness (QED) is 0.573. The molecule has 0 spiro atoms. The average molecular weight is 318 g/mol. The number of nitro groups is 2. The lowest BCUT2D eigenvalue weighted by Crippen LogP contribution is -2.13. The van der Waals surface area contributed by atoms with Crippen LogP contribution in [-0.2, 0) is 20.4 Å². The number of carbonyl (C=O) groups is 1. The van der Waals surface area contributed by atoms with Crippen LogP contribution in [0.1, 0.15) is 12.0 Å². The number of hydrogen-bond acceptors (Lipinski definition) is 7. The van der Waals surface area contributed by atoms with Crippen LogP contribution in [0.25, 0.3) is 0 Å². The van der Waals surface area contributed by atoms with Gasteiger partial charge in [-0.3, -0.25) is 25.0 Å². The molecule has 0 unspecified atom stereocenters. The highest BCUT2D eigenvalue weighted by molar-refractivity contribution is 7.90.